The van der Waals surface area contributed by atoms with Crippen LogP contribution in [0.2, 0.25) is 0 Å². The van der Waals surface area contributed by atoms with Gasteiger partial charge in [0.2, 0.25) is 11.8 Å². The normalized spacial score (nSPS) is 13.9. The van der Waals surface area contributed by atoms with E-state index in [1.54, 1.807) is 14.2 Å². The van der Waals surface area contributed by atoms with Crippen LogP contribution in [0.3, 0.4) is 0 Å². The van der Waals surface area contributed by atoms with Crippen molar-refractivity contribution < 1.29 is 38.5 Å². The summed E-state index contributed by atoms with van der Waals surface area (Å²) in [5.41, 5.74) is 4.21. The minimum atomic E-state index is -1.50. The molecule has 0 radical (unpaired) electrons. The molecule has 1 N–H and O–H groups in total. The van der Waals surface area contributed by atoms with Crippen LogP contribution in [0.4, 0.5) is 0 Å². The van der Waals surface area contributed by atoms with Crippen LogP contribution in [0.5, 0.6) is 11.8 Å². The summed E-state index contributed by atoms with van der Waals surface area (Å²) in [4.78, 5) is 13.9. The molecule has 8 aromatic carbocycles. The Balaban J connectivity index is 0.000000197. The predicted octanol–water partition coefficient (Wildman–Crippen LogP) is 10.6. The molecule has 0 bridgehead atoms. The molecule has 0 aliphatic rings. The topological polar surface area (TPSA) is 94.0 Å². The Bertz CT molecular complexity index is 3300. The second kappa shape index (κ2) is 24.4. The molecule has 0 aliphatic carbocycles. The Morgan fingerprint density at radius 3 is 1.40 bits per heavy atom. The quantitative estimate of drug-likeness (QED) is 0.0957. The molecular formula is C64H61Br2LiN4O4. The van der Waals surface area contributed by atoms with E-state index in [4.69, 9.17) is 19.4 Å². The van der Waals surface area contributed by atoms with E-state index in [1.807, 2.05) is 150 Å². The number of pyridine rings is 2. The van der Waals surface area contributed by atoms with Crippen molar-refractivity contribution >= 4 is 75.2 Å². The van der Waals surface area contributed by atoms with E-state index in [9.17, 15) is 5.11 Å². The van der Waals surface area contributed by atoms with E-state index in [2.05, 4.69) is 114 Å². The average Bonchev–Trinajstić information content (AvgIpc) is 3.42. The molecule has 2 aromatic heterocycles. The first-order valence-electron chi connectivity index (χ1n) is 24.9. The number of ether oxygens (including phenoxy) is 2. The van der Waals surface area contributed by atoms with Crippen LogP contribution in [0.1, 0.15) is 58.1 Å². The number of aliphatic hydroxyl groups is 1. The van der Waals surface area contributed by atoms with Crippen LogP contribution in [0.15, 0.2) is 203 Å². The summed E-state index contributed by atoms with van der Waals surface area (Å²) in [7, 11) is 11.4. The van der Waals surface area contributed by atoms with Gasteiger partial charge in [-0.3, -0.25) is 0 Å². The van der Waals surface area contributed by atoms with Crippen LogP contribution in [0.25, 0.3) is 43.4 Å². The molecule has 0 fully saturated rings. The number of fused-ring (bicyclic) bond motifs is 4. The number of nitrogens with zero attached hydrogens (tertiary/aromatic N) is 4. The minimum Gasteiger partial charge on any atom is -0.845 e. The monoisotopic (exact) mass is 1110 g/mol. The van der Waals surface area contributed by atoms with Crippen molar-refractivity contribution in [2.75, 3.05) is 55.5 Å². The fraction of sp³-hybridized carbons (Fsp3) is 0.219. The van der Waals surface area contributed by atoms with Gasteiger partial charge in [0.05, 0.1) is 25.3 Å². The van der Waals surface area contributed by atoms with Crippen molar-refractivity contribution in [1.29, 1.82) is 0 Å². The first-order chi connectivity index (χ1) is 35.8. The smallest absolute Gasteiger partial charge is 0.845 e. The molecule has 75 heavy (non-hydrogen) atoms. The fourth-order valence-electron chi connectivity index (χ4n) is 10.6. The second-order valence-corrected chi connectivity index (χ2v) is 21.3. The molecular weight excluding hydrogens is 1060 g/mol. The largest absolute Gasteiger partial charge is 1.00 e. The maximum atomic E-state index is 15.7. The van der Waals surface area contributed by atoms with E-state index in [-0.39, 0.29) is 18.9 Å². The summed E-state index contributed by atoms with van der Waals surface area (Å²) in [6.45, 7) is 1.35. The van der Waals surface area contributed by atoms with Crippen molar-refractivity contribution in [2.45, 2.75) is 35.9 Å². The Labute approximate surface area is 469 Å². The van der Waals surface area contributed by atoms with Crippen molar-refractivity contribution in [1.82, 2.24) is 19.8 Å². The summed E-state index contributed by atoms with van der Waals surface area (Å²) in [5.74, 6) is 0.0387. The molecule has 10 aromatic rings. The van der Waals surface area contributed by atoms with E-state index >= 15 is 5.11 Å². The van der Waals surface area contributed by atoms with Gasteiger partial charge in [-0.15, -0.1) is 0 Å². The van der Waals surface area contributed by atoms with Crippen LogP contribution in [0, 0.1) is 0 Å². The van der Waals surface area contributed by atoms with Gasteiger partial charge in [-0.05, 0) is 140 Å². The van der Waals surface area contributed by atoms with Gasteiger partial charge in [0, 0.05) is 49.2 Å². The zero-order valence-electron chi connectivity index (χ0n) is 43.7. The first-order valence-corrected chi connectivity index (χ1v) is 26.5. The number of methoxy groups -OCH3 is 2. The van der Waals surface area contributed by atoms with Gasteiger partial charge in [-0.2, -0.15) is 0 Å². The maximum Gasteiger partial charge on any atom is 1.00 e. The maximum absolute atomic E-state index is 15.7. The van der Waals surface area contributed by atoms with Gasteiger partial charge < -0.3 is 29.5 Å². The summed E-state index contributed by atoms with van der Waals surface area (Å²) in [6, 6.07) is 65.1. The summed E-state index contributed by atoms with van der Waals surface area (Å²) >= 11 is 7.20. The third-order valence-electron chi connectivity index (χ3n) is 14.1. The zero-order chi connectivity index (χ0) is 52.0. The number of halogens is 2. The molecule has 11 heteroatoms. The van der Waals surface area contributed by atoms with Gasteiger partial charge in [0.25, 0.3) is 0 Å². The van der Waals surface area contributed by atoms with E-state index in [1.165, 1.54) is 0 Å². The molecule has 8 nitrogen and oxygen atoms in total. The number of benzene rings is 8. The molecule has 0 saturated heterocycles. The van der Waals surface area contributed by atoms with Crippen molar-refractivity contribution in [3.63, 3.8) is 0 Å². The van der Waals surface area contributed by atoms with Gasteiger partial charge in [-0.25, -0.2) is 9.97 Å². The minimum absolute atomic E-state index is 0. The second-order valence-electron chi connectivity index (χ2n) is 19.5. The predicted molar refractivity (Wildman–Crippen MR) is 308 cm³/mol. The van der Waals surface area contributed by atoms with Gasteiger partial charge in [0.1, 0.15) is 5.60 Å². The Hall–Kier alpha value is -5.90. The molecule has 2 heterocycles. The van der Waals surface area contributed by atoms with Crippen molar-refractivity contribution in [3.05, 3.63) is 236 Å². The fourth-order valence-corrected chi connectivity index (χ4v) is 11.3. The Kier molecular flexibility index (Phi) is 18.0. The van der Waals surface area contributed by atoms with Crippen LogP contribution in [-0.4, -0.2) is 80.4 Å². The van der Waals surface area contributed by atoms with Crippen molar-refractivity contribution in [2.24, 2.45) is 0 Å². The van der Waals surface area contributed by atoms with Gasteiger partial charge in [-0.1, -0.05) is 183 Å². The Morgan fingerprint density at radius 2 is 0.907 bits per heavy atom. The van der Waals surface area contributed by atoms with Gasteiger partial charge in [0.15, 0.2) is 0 Å². The van der Waals surface area contributed by atoms with E-state index in [0.717, 1.165) is 85.7 Å². The summed E-state index contributed by atoms with van der Waals surface area (Å²) in [5, 5.41) is 34.8. The number of hydrogen-bond acceptors (Lipinski definition) is 8. The standard InChI is InChI=1S/C32H31BrN2O2.C32H30BrN2O2.Li/c2*1-35(2)19-18-32(36,28-15-9-13-22-10-7-8-14-26(22)28)30(23-11-5-4-6-12-23)27-21-24-20-25(33)16-17-29(24)34-31(27)37-3;/h4-17,20-21,30,36H,18-19H2,1-3H3;4-17,20-21,30H,18-19H2,1-3H3;/q;-1;+1. The number of rotatable bonds is 16. The van der Waals surface area contributed by atoms with Crippen molar-refractivity contribution in [3.8, 4) is 11.8 Å². The van der Waals surface area contributed by atoms with Gasteiger partial charge >= 0.3 is 18.9 Å². The third-order valence-corrected chi connectivity index (χ3v) is 15.1. The van der Waals surface area contributed by atoms with Crippen LogP contribution in [-0.2, 0) is 11.2 Å². The third kappa shape index (κ3) is 11.9. The summed E-state index contributed by atoms with van der Waals surface area (Å²) in [6.07, 6.45) is 0.931. The molecule has 0 saturated carbocycles. The SMILES string of the molecule is COc1nc2ccc(Br)cc2cc1C(c1ccccc1)C(O)(CCN(C)C)c1cccc2ccccc12.COc1nc2ccc(Br)cc2cc1C(c1ccccc1)C([O-])(CCN(C)C)c1cccc2ccccc12.[Li+]. The summed E-state index contributed by atoms with van der Waals surface area (Å²) < 4.78 is 13.7. The molecule has 376 valence electrons. The Morgan fingerprint density at radius 1 is 0.493 bits per heavy atom. The molecule has 10 rings (SSSR count). The zero-order valence-corrected chi connectivity index (χ0v) is 46.8. The van der Waals surface area contributed by atoms with E-state index in [0.29, 0.717) is 37.7 Å². The molecule has 0 aliphatic heterocycles. The van der Waals surface area contributed by atoms with Crippen LogP contribution < -0.4 is 33.4 Å². The molecule has 4 atom stereocenters. The van der Waals surface area contributed by atoms with Crippen LogP contribution >= 0.6 is 31.9 Å². The molecule has 0 amide bonds. The molecule has 4 unspecified atom stereocenters. The first kappa shape index (κ1) is 55.3. The van der Waals surface area contributed by atoms with E-state index < -0.39 is 23.0 Å². The number of hydrogen-bond donors (Lipinski definition) is 1. The number of aromatic nitrogens is 2. The molecule has 0 spiro atoms. The average molecular weight is 1120 g/mol.